The summed E-state index contributed by atoms with van der Waals surface area (Å²) in [6.07, 6.45) is 4.50. The van der Waals surface area contributed by atoms with Crippen molar-refractivity contribution in [3.05, 3.63) is 64.7 Å². The highest BCUT2D eigenvalue weighted by Crippen LogP contribution is 2.29. The van der Waals surface area contributed by atoms with Gasteiger partial charge >= 0.3 is 6.03 Å². The molecule has 2 fully saturated rings. The number of hydrogen-bond acceptors (Lipinski definition) is 3. The zero-order chi connectivity index (χ0) is 24.1. The van der Waals surface area contributed by atoms with Crippen molar-refractivity contribution >= 4 is 17.6 Å². The number of likely N-dealkylation sites (N-methyl/N-ethyl adjacent to an activating group) is 1. The Bertz CT molecular complexity index is 944. The molecule has 0 radical (unpaired) electrons. The number of carbonyl (C=O) groups excluding carboxylic acids is 1. The summed E-state index contributed by atoms with van der Waals surface area (Å²) in [5.74, 6) is 1.54. The Morgan fingerprint density at radius 2 is 1.76 bits per heavy atom. The molecule has 1 unspecified atom stereocenters. The maximum absolute atomic E-state index is 13.0. The quantitative estimate of drug-likeness (QED) is 0.482. The Hall–Kier alpha value is -2.24. The van der Waals surface area contributed by atoms with Gasteiger partial charge in [0.05, 0.1) is 6.10 Å². The van der Waals surface area contributed by atoms with Gasteiger partial charge < -0.3 is 19.4 Å². The lowest BCUT2D eigenvalue weighted by Gasteiger charge is -2.42. The summed E-state index contributed by atoms with van der Waals surface area (Å²) < 4.78 is 5.86. The van der Waals surface area contributed by atoms with Crippen LogP contribution in [0.1, 0.15) is 44.2 Å². The molecule has 0 saturated carbocycles. The fourth-order valence-electron chi connectivity index (χ4n) is 5.17. The average molecular weight is 484 g/mol. The standard InChI is InChI=1S/C28H38ClN3O2/c1-21(2)34-26-9-10-27(29)24(18-26)17-22-11-14-31(15-12-22)20-25-13-16-32(28(33)30(25)3)19-23-7-5-4-6-8-23/h4-10,18,21-22,25H,11-17,19-20H2,1-3H3. The number of urea groups is 1. The predicted molar refractivity (Wildman–Crippen MR) is 138 cm³/mol. The molecule has 34 heavy (non-hydrogen) atoms. The molecule has 2 aromatic carbocycles. The first-order chi connectivity index (χ1) is 16.4. The average Bonchev–Trinajstić information content (AvgIpc) is 2.82. The molecule has 4 rings (SSSR count). The van der Waals surface area contributed by atoms with Crippen molar-refractivity contribution in [2.45, 2.75) is 58.2 Å². The van der Waals surface area contributed by atoms with E-state index in [0.717, 1.165) is 62.6 Å². The number of hydrogen-bond donors (Lipinski definition) is 0. The lowest BCUT2D eigenvalue weighted by molar-refractivity contribution is 0.0802. The van der Waals surface area contributed by atoms with Crippen LogP contribution in [0.15, 0.2) is 48.5 Å². The summed E-state index contributed by atoms with van der Waals surface area (Å²) in [6, 6.07) is 16.7. The zero-order valence-electron chi connectivity index (χ0n) is 20.8. The number of rotatable bonds is 8. The molecule has 5 nitrogen and oxygen atoms in total. The number of amides is 2. The van der Waals surface area contributed by atoms with Crippen molar-refractivity contribution in [2.24, 2.45) is 5.92 Å². The van der Waals surface area contributed by atoms with E-state index in [4.69, 9.17) is 16.3 Å². The first-order valence-corrected chi connectivity index (χ1v) is 13.0. The highest BCUT2D eigenvalue weighted by atomic mass is 35.5. The summed E-state index contributed by atoms with van der Waals surface area (Å²) in [6.45, 7) is 8.73. The second kappa shape index (κ2) is 11.5. The highest BCUT2D eigenvalue weighted by Gasteiger charge is 2.32. The van der Waals surface area contributed by atoms with Crippen molar-refractivity contribution < 1.29 is 9.53 Å². The van der Waals surface area contributed by atoms with Crippen LogP contribution in [0.2, 0.25) is 5.02 Å². The predicted octanol–water partition coefficient (Wildman–Crippen LogP) is 5.71. The number of benzene rings is 2. The fourth-order valence-corrected chi connectivity index (χ4v) is 5.37. The van der Waals surface area contributed by atoms with Gasteiger partial charge in [-0.3, -0.25) is 0 Å². The number of carbonyl (C=O) groups is 1. The van der Waals surface area contributed by atoms with Crippen molar-refractivity contribution in [2.75, 3.05) is 33.2 Å². The van der Waals surface area contributed by atoms with Crippen LogP contribution < -0.4 is 4.74 Å². The van der Waals surface area contributed by atoms with Crippen molar-refractivity contribution in [1.82, 2.24) is 14.7 Å². The molecule has 2 aliphatic heterocycles. The number of piperidine rings is 1. The van der Waals surface area contributed by atoms with E-state index in [1.165, 1.54) is 11.1 Å². The molecule has 0 aromatic heterocycles. The lowest BCUT2D eigenvalue weighted by atomic mass is 9.89. The second-order valence-corrected chi connectivity index (χ2v) is 10.5. The van der Waals surface area contributed by atoms with Crippen molar-refractivity contribution in [3.63, 3.8) is 0 Å². The smallest absolute Gasteiger partial charge is 0.320 e. The lowest BCUT2D eigenvalue weighted by Crippen LogP contribution is -2.56. The van der Waals surface area contributed by atoms with Gasteiger partial charge in [-0.25, -0.2) is 4.79 Å². The molecule has 2 amide bonds. The third kappa shape index (κ3) is 6.45. The number of ether oxygens (including phenoxy) is 1. The molecule has 2 saturated heterocycles. The van der Waals surface area contributed by atoms with E-state index in [1.807, 2.05) is 61.0 Å². The highest BCUT2D eigenvalue weighted by molar-refractivity contribution is 6.31. The third-order valence-electron chi connectivity index (χ3n) is 7.14. The first-order valence-electron chi connectivity index (χ1n) is 12.6. The maximum Gasteiger partial charge on any atom is 0.320 e. The van der Waals surface area contributed by atoms with E-state index in [0.29, 0.717) is 12.5 Å². The normalized spacial score (nSPS) is 20.3. The van der Waals surface area contributed by atoms with Crippen LogP contribution in [0.25, 0.3) is 0 Å². The fraction of sp³-hybridized carbons (Fsp3) is 0.536. The first kappa shape index (κ1) is 24.9. The van der Waals surface area contributed by atoms with Crippen LogP contribution in [0.4, 0.5) is 4.79 Å². The third-order valence-corrected chi connectivity index (χ3v) is 7.51. The van der Waals surface area contributed by atoms with E-state index in [-0.39, 0.29) is 18.2 Å². The molecule has 184 valence electrons. The van der Waals surface area contributed by atoms with Gasteiger partial charge in [-0.05, 0) is 87.9 Å². The minimum atomic E-state index is 0.146. The number of halogens is 1. The summed E-state index contributed by atoms with van der Waals surface area (Å²) >= 11 is 6.49. The van der Waals surface area contributed by atoms with Crippen molar-refractivity contribution in [3.8, 4) is 5.75 Å². The number of nitrogens with zero attached hydrogens (tertiary/aromatic N) is 3. The van der Waals surface area contributed by atoms with Crippen LogP contribution in [-0.4, -0.2) is 66.1 Å². The van der Waals surface area contributed by atoms with Gasteiger partial charge in [-0.15, -0.1) is 0 Å². The zero-order valence-corrected chi connectivity index (χ0v) is 21.5. The van der Waals surface area contributed by atoms with E-state index < -0.39 is 0 Å². The van der Waals surface area contributed by atoms with Gasteiger partial charge in [0.15, 0.2) is 0 Å². The van der Waals surface area contributed by atoms with Gasteiger partial charge in [0, 0.05) is 37.7 Å². The van der Waals surface area contributed by atoms with Crippen LogP contribution in [-0.2, 0) is 13.0 Å². The minimum absolute atomic E-state index is 0.146. The molecule has 0 aliphatic carbocycles. The second-order valence-electron chi connectivity index (χ2n) is 10.1. The molecular formula is C28H38ClN3O2. The van der Waals surface area contributed by atoms with Gasteiger partial charge in [0.2, 0.25) is 0 Å². The maximum atomic E-state index is 13.0. The summed E-state index contributed by atoms with van der Waals surface area (Å²) in [5.41, 5.74) is 2.38. The SMILES string of the molecule is CC(C)Oc1ccc(Cl)c(CC2CCN(CC3CCN(Cc4ccccc4)C(=O)N3C)CC2)c1. The number of likely N-dealkylation sites (tertiary alicyclic amines) is 1. The van der Waals surface area contributed by atoms with E-state index >= 15 is 0 Å². The minimum Gasteiger partial charge on any atom is -0.491 e. The Kier molecular flexibility index (Phi) is 8.38. The van der Waals surface area contributed by atoms with Gasteiger partial charge in [-0.2, -0.15) is 0 Å². The molecule has 2 aliphatic rings. The van der Waals surface area contributed by atoms with Crippen molar-refractivity contribution in [1.29, 1.82) is 0 Å². The molecule has 2 heterocycles. The van der Waals surface area contributed by atoms with E-state index in [9.17, 15) is 4.79 Å². The molecule has 0 N–H and O–H groups in total. The van der Waals surface area contributed by atoms with Crippen LogP contribution in [0, 0.1) is 5.92 Å². The summed E-state index contributed by atoms with van der Waals surface area (Å²) in [5, 5.41) is 0.834. The summed E-state index contributed by atoms with van der Waals surface area (Å²) in [4.78, 5) is 19.4. The Morgan fingerprint density at radius 1 is 1.03 bits per heavy atom. The Labute approximate surface area is 209 Å². The molecule has 0 spiro atoms. The molecule has 6 heteroatoms. The largest absolute Gasteiger partial charge is 0.491 e. The van der Waals surface area contributed by atoms with E-state index in [2.05, 4.69) is 23.1 Å². The van der Waals surface area contributed by atoms with Crippen LogP contribution in [0.3, 0.4) is 0 Å². The van der Waals surface area contributed by atoms with E-state index in [1.54, 1.807) is 0 Å². The van der Waals surface area contributed by atoms with Crippen LogP contribution in [0.5, 0.6) is 5.75 Å². The Morgan fingerprint density at radius 3 is 2.47 bits per heavy atom. The van der Waals surface area contributed by atoms with Gasteiger partial charge in [0.25, 0.3) is 0 Å². The Balaban J connectivity index is 1.25. The monoisotopic (exact) mass is 483 g/mol. The topological polar surface area (TPSA) is 36.0 Å². The molecule has 1 atom stereocenters. The van der Waals surface area contributed by atoms with Crippen LogP contribution >= 0.6 is 11.6 Å². The molecule has 2 aromatic rings. The van der Waals surface area contributed by atoms with Gasteiger partial charge in [-0.1, -0.05) is 41.9 Å². The summed E-state index contributed by atoms with van der Waals surface area (Å²) in [7, 11) is 1.96. The molecular weight excluding hydrogens is 446 g/mol. The van der Waals surface area contributed by atoms with Gasteiger partial charge in [0.1, 0.15) is 5.75 Å². The molecule has 0 bridgehead atoms.